The molecule has 0 spiro atoms. The average molecular weight is 206 g/mol. The van der Waals surface area contributed by atoms with E-state index in [1.807, 2.05) is 7.05 Å². The molecule has 78 valence electrons. The molecule has 0 aliphatic heterocycles. The van der Waals surface area contributed by atoms with Gasteiger partial charge in [0.15, 0.2) is 0 Å². The maximum atomic E-state index is 11.0. The molecule has 0 bridgehead atoms. The lowest BCUT2D eigenvalue weighted by molar-refractivity contribution is -0.121. The number of carbonyl (C=O) groups is 1. The van der Waals surface area contributed by atoms with Gasteiger partial charge in [-0.2, -0.15) is 12.6 Å². The molecule has 1 amide bonds. The van der Waals surface area contributed by atoms with E-state index >= 15 is 0 Å². The summed E-state index contributed by atoms with van der Waals surface area (Å²) in [6, 6.07) is 0. The van der Waals surface area contributed by atoms with Crippen molar-refractivity contribution in [3.8, 4) is 0 Å². The Bertz CT molecular complexity index is 133. The third kappa shape index (κ3) is 9.66. The third-order valence-corrected chi connectivity index (χ3v) is 1.59. The van der Waals surface area contributed by atoms with Crippen LogP contribution in [-0.2, 0) is 9.53 Å². The topological polar surface area (TPSA) is 50.4 Å². The van der Waals surface area contributed by atoms with Gasteiger partial charge in [0, 0.05) is 25.3 Å². The lowest BCUT2D eigenvalue weighted by Crippen LogP contribution is -2.29. The van der Waals surface area contributed by atoms with E-state index in [1.54, 1.807) is 0 Å². The summed E-state index contributed by atoms with van der Waals surface area (Å²) >= 11 is 3.99. The van der Waals surface area contributed by atoms with Gasteiger partial charge in [0.05, 0.1) is 13.2 Å². The molecule has 13 heavy (non-hydrogen) atoms. The van der Waals surface area contributed by atoms with E-state index in [-0.39, 0.29) is 5.91 Å². The van der Waals surface area contributed by atoms with Crippen molar-refractivity contribution in [3.05, 3.63) is 0 Å². The van der Waals surface area contributed by atoms with Gasteiger partial charge in [0.2, 0.25) is 5.91 Å². The first-order chi connectivity index (χ1) is 6.31. The highest BCUT2D eigenvalue weighted by molar-refractivity contribution is 7.80. The number of rotatable bonds is 8. The summed E-state index contributed by atoms with van der Waals surface area (Å²) < 4.78 is 5.13. The predicted octanol–water partition coefficient (Wildman–Crippen LogP) is -0.341. The standard InChI is InChI=1S/C8H18N2O2S/c1-9-3-2-8(11)10-4-5-12-6-7-13/h9,13H,2-7H2,1H3,(H,10,11). The monoisotopic (exact) mass is 206 g/mol. The quantitative estimate of drug-likeness (QED) is 0.376. The Morgan fingerprint density at radius 1 is 1.38 bits per heavy atom. The molecular formula is C8H18N2O2S. The average Bonchev–Trinajstić information content (AvgIpc) is 2.14. The molecule has 0 aromatic rings. The van der Waals surface area contributed by atoms with Crippen LogP contribution in [0.15, 0.2) is 0 Å². The maximum absolute atomic E-state index is 11.0. The Morgan fingerprint density at radius 3 is 2.77 bits per heavy atom. The lowest BCUT2D eigenvalue weighted by Gasteiger charge is -2.04. The second-order valence-corrected chi connectivity index (χ2v) is 2.99. The summed E-state index contributed by atoms with van der Waals surface area (Å²) in [4.78, 5) is 11.0. The van der Waals surface area contributed by atoms with Crippen LogP contribution in [0.5, 0.6) is 0 Å². The number of nitrogens with one attached hydrogen (secondary N) is 2. The minimum absolute atomic E-state index is 0.0591. The largest absolute Gasteiger partial charge is 0.379 e. The highest BCUT2D eigenvalue weighted by Gasteiger charge is 1.97. The number of hydrogen-bond acceptors (Lipinski definition) is 4. The molecule has 0 fully saturated rings. The fourth-order valence-electron chi connectivity index (χ4n) is 0.756. The van der Waals surface area contributed by atoms with Crippen molar-refractivity contribution in [2.24, 2.45) is 0 Å². The smallest absolute Gasteiger partial charge is 0.221 e. The number of ether oxygens (including phenoxy) is 1. The fourth-order valence-corrected chi connectivity index (χ4v) is 0.885. The van der Waals surface area contributed by atoms with Gasteiger partial charge in [-0.3, -0.25) is 4.79 Å². The van der Waals surface area contributed by atoms with Crippen LogP contribution in [0, 0.1) is 0 Å². The summed E-state index contributed by atoms with van der Waals surface area (Å²) in [6.45, 7) is 2.49. The van der Waals surface area contributed by atoms with E-state index < -0.39 is 0 Å². The molecule has 2 N–H and O–H groups in total. The first kappa shape index (κ1) is 12.7. The van der Waals surface area contributed by atoms with E-state index in [4.69, 9.17) is 4.74 Å². The lowest BCUT2D eigenvalue weighted by atomic mass is 10.4. The molecule has 5 heteroatoms. The fraction of sp³-hybridized carbons (Fsp3) is 0.875. The molecule has 4 nitrogen and oxygen atoms in total. The van der Waals surface area contributed by atoms with E-state index in [2.05, 4.69) is 23.3 Å². The van der Waals surface area contributed by atoms with E-state index in [0.29, 0.717) is 38.5 Å². The number of amides is 1. The Kier molecular flexibility index (Phi) is 9.63. The third-order valence-electron chi connectivity index (χ3n) is 1.41. The zero-order valence-electron chi connectivity index (χ0n) is 8.01. The summed E-state index contributed by atoms with van der Waals surface area (Å²) in [5.41, 5.74) is 0. The summed E-state index contributed by atoms with van der Waals surface area (Å²) in [6.07, 6.45) is 0.517. The minimum atomic E-state index is 0.0591. The molecule has 0 atom stereocenters. The van der Waals surface area contributed by atoms with Gasteiger partial charge in [-0.25, -0.2) is 0 Å². The van der Waals surface area contributed by atoms with Crippen LogP contribution in [0.25, 0.3) is 0 Å². The summed E-state index contributed by atoms with van der Waals surface area (Å²) in [5.74, 6) is 0.775. The molecular weight excluding hydrogens is 188 g/mol. The molecule has 0 rings (SSSR count). The molecule has 0 saturated heterocycles. The van der Waals surface area contributed by atoms with E-state index in [0.717, 1.165) is 0 Å². The summed E-state index contributed by atoms with van der Waals surface area (Å²) in [7, 11) is 1.82. The van der Waals surface area contributed by atoms with Crippen molar-refractivity contribution in [2.75, 3.05) is 39.1 Å². The second-order valence-electron chi connectivity index (χ2n) is 2.54. The first-order valence-corrected chi connectivity index (χ1v) is 5.04. The van der Waals surface area contributed by atoms with Gasteiger partial charge in [0.25, 0.3) is 0 Å². The number of carbonyl (C=O) groups excluding carboxylic acids is 1. The van der Waals surface area contributed by atoms with Crippen LogP contribution in [0.1, 0.15) is 6.42 Å². The van der Waals surface area contributed by atoms with Crippen LogP contribution >= 0.6 is 12.6 Å². The van der Waals surface area contributed by atoms with Crippen molar-refractivity contribution in [2.45, 2.75) is 6.42 Å². The van der Waals surface area contributed by atoms with Gasteiger partial charge in [-0.05, 0) is 7.05 Å². The zero-order valence-corrected chi connectivity index (χ0v) is 8.90. The van der Waals surface area contributed by atoms with Crippen molar-refractivity contribution >= 4 is 18.5 Å². The Balaban J connectivity index is 3.08. The summed E-state index contributed by atoms with van der Waals surface area (Å²) in [5, 5.41) is 5.65. The Morgan fingerprint density at radius 2 is 2.15 bits per heavy atom. The molecule has 0 aliphatic rings. The number of thiol groups is 1. The van der Waals surface area contributed by atoms with Gasteiger partial charge in [-0.1, -0.05) is 0 Å². The van der Waals surface area contributed by atoms with Gasteiger partial charge < -0.3 is 15.4 Å². The zero-order chi connectivity index (χ0) is 9.94. The van der Waals surface area contributed by atoms with Crippen molar-refractivity contribution < 1.29 is 9.53 Å². The molecule has 0 heterocycles. The highest BCUT2D eigenvalue weighted by atomic mass is 32.1. The first-order valence-electron chi connectivity index (χ1n) is 4.41. The van der Waals surface area contributed by atoms with Crippen LogP contribution in [0.3, 0.4) is 0 Å². The van der Waals surface area contributed by atoms with Crippen molar-refractivity contribution in [1.29, 1.82) is 0 Å². The number of hydrogen-bond donors (Lipinski definition) is 3. The second kappa shape index (κ2) is 9.83. The Labute approximate surface area is 84.8 Å². The normalized spacial score (nSPS) is 10.0. The van der Waals surface area contributed by atoms with Crippen LogP contribution in [0.2, 0.25) is 0 Å². The van der Waals surface area contributed by atoms with E-state index in [1.165, 1.54) is 0 Å². The molecule has 0 unspecified atom stereocenters. The maximum Gasteiger partial charge on any atom is 0.221 e. The van der Waals surface area contributed by atoms with Crippen LogP contribution in [-0.4, -0.2) is 45.0 Å². The minimum Gasteiger partial charge on any atom is -0.379 e. The molecule has 0 radical (unpaired) electrons. The van der Waals surface area contributed by atoms with Gasteiger partial charge in [0.1, 0.15) is 0 Å². The molecule has 0 aromatic heterocycles. The highest BCUT2D eigenvalue weighted by Crippen LogP contribution is 1.79. The SMILES string of the molecule is CNCCC(=O)NCCOCCS. The van der Waals surface area contributed by atoms with Crippen LogP contribution < -0.4 is 10.6 Å². The molecule has 0 aliphatic carbocycles. The molecule has 0 saturated carbocycles. The Hall–Kier alpha value is -0.260. The van der Waals surface area contributed by atoms with Crippen molar-refractivity contribution in [3.63, 3.8) is 0 Å². The van der Waals surface area contributed by atoms with E-state index in [9.17, 15) is 4.79 Å². The van der Waals surface area contributed by atoms with Crippen molar-refractivity contribution in [1.82, 2.24) is 10.6 Å². The van der Waals surface area contributed by atoms with Crippen LogP contribution in [0.4, 0.5) is 0 Å². The predicted molar refractivity (Wildman–Crippen MR) is 56.2 cm³/mol. The van der Waals surface area contributed by atoms with Gasteiger partial charge in [-0.15, -0.1) is 0 Å². The van der Waals surface area contributed by atoms with Gasteiger partial charge >= 0.3 is 0 Å². The molecule has 0 aromatic carbocycles.